The molecule has 0 aromatic carbocycles. The average Bonchev–Trinajstić information content (AvgIpc) is 2.80. The number of nitrogens with one attached hydrogen (secondary N) is 1. The molecule has 1 heterocycles. The molecule has 0 saturated heterocycles. The van der Waals surface area contributed by atoms with Crippen molar-refractivity contribution >= 4 is 5.91 Å². The molecule has 1 saturated carbocycles. The third kappa shape index (κ3) is 3.54. The average molecular weight is 305 g/mol. The summed E-state index contributed by atoms with van der Waals surface area (Å²) in [6, 6.07) is 2.47. The number of amides is 1. The van der Waals surface area contributed by atoms with Gasteiger partial charge >= 0.3 is 0 Å². The largest absolute Gasteiger partial charge is 0.348 e. The molecule has 4 nitrogen and oxygen atoms in total. The fourth-order valence-corrected chi connectivity index (χ4v) is 3.95. The lowest BCUT2D eigenvalue weighted by Crippen LogP contribution is -2.46. The molecule has 1 atom stereocenters. The lowest BCUT2D eigenvalue weighted by Gasteiger charge is -2.30. The van der Waals surface area contributed by atoms with Crippen LogP contribution in [0.4, 0.5) is 0 Å². The van der Waals surface area contributed by atoms with Crippen molar-refractivity contribution in [2.24, 2.45) is 11.7 Å². The lowest BCUT2D eigenvalue weighted by atomic mass is 9.84. The summed E-state index contributed by atoms with van der Waals surface area (Å²) < 4.78 is 2.22. The summed E-state index contributed by atoms with van der Waals surface area (Å²) in [5.41, 5.74) is 8.91. The minimum absolute atomic E-state index is 0.0287. The number of rotatable bonds is 5. The Kier molecular flexibility index (Phi) is 5.68. The van der Waals surface area contributed by atoms with Gasteiger partial charge in [0.05, 0.1) is 5.56 Å². The highest BCUT2D eigenvalue weighted by atomic mass is 16.1. The molecular formula is C18H31N3O. The van der Waals surface area contributed by atoms with Crippen LogP contribution in [0.2, 0.25) is 0 Å². The van der Waals surface area contributed by atoms with E-state index in [2.05, 4.69) is 30.7 Å². The highest BCUT2D eigenvalue weighted by molar-refractivity contribution is 5.96. The van der Waals surface area contributed by atoms with Crippen LogP contribution in [0.5, 0.6) is 0 Å². The predicted molar refractivity (Wildman–Crippen MR) is 91.2 cm³/mol. The SMILES string of the molecule is Cc1cc(C(=O)NC(CN)C2CCCCC2)c(C)n1C(C)C. The van der Waals surface area contributed by atoms with E-state index in [4.69, 9.17) is 5.73 Å². The van der Waals surface area contributed by atoms with Crippen LogP contribution in [0.1, 0.15) is 73.7 Å². The Hall–Kier alpha value is -1.29. The third-order valence-corrected chi connectivity index (χ3v) is 5.03. The van der Waals surface area contributed by atoms with Gasteiger partial charge < -0.3 is 15.6 Å². The second kappa shape index (κ2) is 7.32. The number of carbonyl (C=O) groups excluding carboxylic acids is 1. The van der Waals surface area contributed by atoms with Gasteiger partial charge in [0, 0.05) is 30.0 Å². The van der Waals surface area contributed by atoms with Gasteiger partial charge in [0.1, 0.15) is 0 Å². The Morgan fingerprint density at radius 1 is 1.32 bits per heavy atom. The Balaban J connectivity index is 2.12. The number of aryl methyl sites for hydroxylation is 1. The molecule has 0 radical (unpaired) electrons. The summed E-state index contributed by atoms with van der Waals surface area (Å²) in [6.07, 6.45) is 6.22. The molecule has 124 valence electrons. The summed E-state index contributed by atoms with van der Waals surface area (Å²) in [5.74, 6) is 0.567. The molecule has 4 heteroatoms. The van der Waals surface area contributed by atoms with Crippen LogP contribution >= 0.6 is 0 Å². The Bertz CT molecular complexity index is 513. The van der Waals surface area contributed by atoms with Crippen LogP contribution in [-0.4, -0.2) is 23.1 Å². The van der Waals surface area contributed by atoms with Gasteiger partial charge in [0.15, 0.2) is 0 Å². The molecule has 3 N–H and O–H groups in total. The van der Waals surface area contributed by atoms with Gasteiger partial charge in [-0.1, -0.05) is 19.3 Å². The van der Waals surface area contributed by atoms with Crippen LogP contribution in [0.3, 0.4) is 0 Å². The molecule has 0 spiro atoms. The zero-order chi connectivity index (χ0) is 16.3. The van der Waals surface area contributed by atoms with E-state index in [-0.39, 0.29) is 11.9 Å². The highest BCUT2D eigenvalue weighted by Gasteiger charge is 2.26. The van der Waals surface area contributed by atoms with Crippen molar-refractivity contribution in [1.82, 2.24) is 9.88 Å². The van der Waals surface area contributed by atoms with Gasteiger partial charge in [-0.05, 0) is 52.5 Å². The molecule has 0 aliphatic heterocycles. The summed E-state index contributed by atoms with van der Waals surface area (Å²) in [5, 5.41) is 3.20. The first-order valence-electron chi connectivity index (χ1n) is 8.65. The van der Waals surface area contributed by atoms with E-state index >= 15 is 0 Å². The standard InChI is InChI=1S/C18H31N3O/c1-12(2)21-13(3)10-16(14(21)4)18(22)20-17(11-19)15-8-6-5-7-9-15/h10,12,15,17H,5-9,11,19H2,1-4H3,(H,20,22). The van der Waals surface area contributed by atoms with Crippen molar-refractivity contribution in [1.29, 1.82) is 0 Å². The van der Waals surface area contributed by atoms with Gasteiger partial charge in [-0.2, -0.15) is 0 Å². The smallest absolute Gasteiger partial charge is 0.253 e. The topological polar surface area (TPSA) is 60.1 Å². The predicted octanol–water partition coefficient (Wildman–Crippen LogP) is 3.32. The highest BCUT2D eigenvalue weighted by Crippen LogP contribution is 2.27. The molecule has 1 amide bonds. The van der Waals surface area contributed by atoms with Crippen LogP contribution < -0.4 is 11.1 Å². The van der Waals surface area contributed by atoms with E-state index in [1.54, 1.807) is 0 Å². The Morgan fingerprint density at radius 3 is 2.45 bits per heavy atom. The van der Waals surface area contributed by atoms with E-state index in [1.165, 1.54) is 32.1 Å². The van der Waals surface area contributed by atoms with Crippen molar-refractivity contribution in [3.8, 4) is 0 Å². The first kappa shape index (κ1) is 17.1. The normalized spacial score (nSPS) is 17.7. The summed E-state index contributed by atoms with van der Waals surface area (Å²) in [7, 11) is 0. The van der Waals surface area contributed by atoms with E-state index in [1.807, 2.05) is 13.0 Å². The van der Waals surface area contributed by atoms with Gasteiger partial charge in [0.25, 0.3) is 5.91 Å². The third-order valence-electron chi connectivity index (χ3n) is 5.03. The van der Waals surface area contributed by atoms with Crippen LogP contribution in [0.25, 0.3) is 0 Å². The number of hydrogen-bond donors (Lipinski definition) is 2. The lowest BCUT2D eigenvalue weighted by molar-refractivity contribution is 0.0915. The molecule has 1 aliphatic rings. The first-order chi connectivity index (χ1) is 10.5. The number of carbonyl (C=O) groups is 1. The monoisotopic (exact) mass is 305 g/mol. The van der Waals surface area contributed by atoms with E-state index in [0.29, 0.717) is 18.5 Å². The molecule has 1 aliphatic carbocycles. The molecule has 22 heavy (non-hydrogen) atoms. The number of nitrogens with zero attached hydrogens (tertiary/aromatic N) is 1. The second-order valence-electron chi connectivity index (χ2n) is 6.96. The summed E-state index contributed by atoms with van der Waals surface area (Å²) >= 11 is 0. The van der Waals surface area contributed by atoms with Crippen LogP contribution in [-0.2, 0) is 0 Å². The summed E-state index contributed by atoms with van der Waals surface area (Å²) in [6.45, 7) is 8.91. The minimum atomic E-state index is 0.0287. The van der Waals surface area contributed by atoms with Crippen molar-refractivity contribution in [2.75, 3.05) is 6.54 Å². The van der Waals surface area contributed by atoms with Crippen molar-refractivity contribution < 1.29 is 4.79 Å². The van der Waals surface area contributed by atoms with Gasteiger partial charge in [-0.3, -0.25) is 4.79 Å². The van der Waals surface area contributed by atoms with E-state index in [0.717, 1.165) is 17.0 Å². The van der Waals surface area contributed by atoms with Crippen molar-refractivity contribution in [2.45, 2.75) is 71.9 Å². The molecule has 1 unspecified atom stereocenters. The maximum atomic E-state index is 12.7. The van der Waals surface area contributed by atoms with Gasteiger partial charge in [0.2, 0.25) is 0 Å². The molecule has 1 fully saturated rings. The molecule has 2 rings (SSSR count). The Labute approximate surface area is 134 Å². The Morgan fingerprint density at radius 2 is 1.95 bits per heavy atom. The second-order valence-corrected chi connectivity index (χ2v) is 6.96. The van der Waals surface area contributed by atoms with E-state index < -0.39 is 0 Å². The fourth-order valence-electron chi connectivity index (χ4n) is 3.95. The number of hydrogen-bond acceptors (Lipinski definition) is 2. The van der Waals surface area contributed by atoms with Gasteiger partial charge in [-0.15, -0.1) is 0 Å². The first-order valence-corrected chi connectivity index (χ1v) is 8.65. The van der Waals surface area contributed by atoms with Crippen LogP contribution in [0.15, 0.2) is 6.07 Å². The minimum Gasteiger partial charge on any atom is -0.348 e. The summed E-state index contributed by atoms with van der Waals surface area (Å²) in [4.78, 5) is 12.7. The van der Waals surface area contributed by atoms with Gasteiger partial charge in [-0.25, -0.2) is 0 Å². The van der Waals surface area contributed by atoms with E-state index in [9.17, 15) is 4.79 Å². The fraction of sp³-hybridized carbons (Fsp3) is 0.722. The van der Waals surface area contributed by atoms with Crippen LogP contribution in [0, 0.1) is 19.8 Å². The van der Waals surface area contributed by atoms with Crippen molar-refractivity contribution in [3.05, 3.63) is 23.0 Å². The zero-order valence-electron chi connectivity index (χ0n) is 14.5. The maximum Gasteiger partial charge on any atom is 0.253 e. The zero-order valence-corrected chi connectivity index (χ0v) is 14.5. The quantitative estimate of drug-likeness (QED) is 0.876. The molecular weight excluding hydrogens is 274 g/mol. The molecule has 1 aromatic heterocycles. The number of nitrogens with two attached hydrogens (primary N) is 1. The maximum absolute atomic E-state index is 12.7. The molecule has 1 aromatic rings. The molecule has 0 bridgehead atoms. The van der Waals surface area contributed by atoms with Crippen molar-refractivity contribution in [3.63, 3.8) is 0 Å². The number of aromatic nitrogens is 1.